The van der Waals surface area contributed by atoms with Crippen LogP contribution in [0, 0.1) is 0 Å². The maximum atomic E-state index is 12.0. The van der Waals surface area contributed by atoms with Gasteiger partial charge in [-0.15, -0.1) is 11.3 Å². The number of nitrogens with zero attached hydrogens (tertiary/aromatic N) is 1. The zero-order chi connectivity index (χ0) is 16.1. The quantitative estimate of drug-likeness (QED) is 0.845. The Morgan fingerprint density at radius 2 is 2.09 bits per heavy atom. The third-order valence-corrected chi connectivity index (χ3v) is 4.59. The summed E-state index contributed by atoms with van der Waals surface area (Å²) in [6.07, 6.45) is 0.0586. The van der Waals surface area contributed by atoms with Crippen LogP contribution in [0.15, 0.2) is 29.6 Å². The number of benzene rings is 1. The van der Waals surface area contributed by atoms with Crippen LogP contribution in [-0.2, 0) is 11.2 Å². The molecule has 0 bridgehead atoms. The predicted octanol–water partition coefficient (Wildman–Crippen LogP) is 3.66. The molecule has 4 nitrogen and oxygen atoms in total. The Kier molecular flexibility index (Phi) is 5.94. The molecule has 1 amide bonds. The predicted molar refractivity (Wildman–Crippen MR) is 89.1 cm³/mol. The molecule has 0 fully saturated rings. The number of rotatable bonds is 6. The van der Waals surface area contributed by atoms with Crippen molar-refractivity contribution in [2.24, 2.45) is 0 Å². The number of hydrogen-bond acceptors (Lipinski definition) is 4. The van der Waals surface area contributed by atoms with Crippen LogP contribution in [0.5, 0.6) is 0 Å². The normalized spacial score (nSPS) is 13.6. The molecule has 0 spiro atoms. The number of amides is 1. The van der Waals surface area contributed by atoms with Crippen molar-refractivity contribution in [2.75, 3.05) is 0 Å². The Bertz CT molecular complexity index is 627. The molecule has 0 aliphatic heterocycles. The van der Waals surface area contributed by atoms with Crippen molar-refractivity contribution in [3.63, 3.8) is 0 Å². The number of halogens is 1. The summed E-state index contributed by atoms with van der Waals surface area (Å²) in [5, 5.41) is 16.6. The van der Waals surface area contributed by atoms with Gasteiger partial charge in [0.25, 0.3) is 0 Å². The molecule has 2 atom stereocenters. The summed E-state index contributed by atoms with van der Waals surface area (Å²) in [5.74, 6) is -0.207. The van der Waals surface area contributed by atoms with Crippen molar-refractivity contribution in [2.45, 2.75) is 38.8 Å². The number of thiazole rings is 1. The summed E-state index contributed by atoms with van der Waals surface area (Å²) in [4.78, 5) is 16.5. The zero-order valence-electron chi connectivity index (χ0n) is 12.5. The van der Waals surface area contributed by atoms with Crippen LogP contribution < -0.4 is 5.32 Å². The monoisotopic (exact) mass is 338 g/mol. The molecule has 2 rings (SSSR count). The highest BCUT2D eigenvalue weighted by Gasteiger charge is 2.17. The van der Waals surface area contributed by atoms with Crippen LogP contribution in [0.3, 0.4) is 0 Å². The second-order valence-electron chi connectivity index (χ2n) is 5.08. The summed E-state index contributed by atoms with van der Waals surface area (Å²) < 4.78 is 0. The first kappa shape index (κ1) is 16.9. The van der Waals surface area contributed by atoms with Gasteiger partial charge in [-0.2, -0.15) is 0 Å². The minimum absolute atomic E-state index is 0.0107. The number of aromatic nitrogens is 1. The molecule has 0 saturated heterocycles. The lowest BCUT2D eigenvalue weighted by Gasteiger charge is -2.15. The molecule has 2 unspecified atom stereocenters. The Labute approximate surface area is 139 Å². The van der Waals surface area contributed by atoms with Gasteiger partial charge in [0, 0.05) is 10.4 Å². The minimum Gasteiger partial charge on any atom is -0.388 e. The van der Waals surface area contributed by atoms with Crippen LogP contribution in [0.1, 0.15) is 48.7 Å². The molecule has 1 aromatic heterocycles. The first-order valence-corrected chi connectivity index (χ1v) is 8.42. The summed E-state index contributed by atoms with van der Waals surface area (Å²) in [5.41, 5.74) is 1.53. The first-order valence-electron chi connectivity index (χ1n) is 7.16. The fourth-order valence-electron chi connectivity index (χ4n) is 2.04. The number of carbonyl (C=O) groups excluding carboxylic acids is 1. The van der Waals surface area contributed by atoms with Gasteiger partial charge in [-0.25, -0.2) is 4.98 Å². The maximum absolute atomic E-state index is 12.0. The molecule has 0 aliphatic carbocycles. The van der Waals surface area contributed by atoms with E-state index in [1.165, 1.54) is 0 Å². The van der Waals surface area contributed by atoms with Gasteiger partial charge in [-0.3, -0.25) is 4.79 Å². The topological polar surface area (TPSA) is 62.2 Å². The standard InChI is InChI=1S/C16H19ClN2O2S/c1-3-16-19-13(9-22-16)10(2)18-15(21)8-14(20)11-4-6-12(17)7-5-11/h4-7,9-10,14,20H,3,8H2,1-2H3,(H,18,21). The lowest BCUT2D eigenvalue weighted by atomic mass is 10.1. The highest BCUT2D eigenvalue weighted by Crippen LogP contribution is 2.21. The molecule has 1 aromatic carbocycles. The van der Waals surface area contributed by atoms with Crippen LogP contribution in [0.2, 0.25) is 5.02 Å². The van der Waals surface area contributed by atoms with Gasteiger partial charge in [-0.05, 0) is 31.0 Å². The summed E-state index contributed by atoms with van der Waals surface area (Å²) in [6.45, 7) is 3.94. The molecule has 22 heavy (non-hydrogen) atoms. The average molecular weight is 339 g/mol. The maximum Gasteiger partial charge on any atom is 0.223 e. The van der Waals surface area contributed by atoms with Gasteiger partial charge in [0.15, 0.2) is 0 Å². The van der Waals surface area contributed by atoms with Crippen molar-refractivity contribution in [3.8, 4) is 0 Å². The first-order chi connectivity index (χ1) is 10.5. The third kappa shape index (κ3) is 4.53. The van der Waals surface area contributed by atoms with E-state index < -0.39 is 6.10 Å². The molecule has 6 heteroatoms. The van der Waals surface area contributed by atoms with Crippen LogP contribution in [0.4, 0.5) is 0 Å². The second kappa shape index (κ2) is 7.72. The van der Waals surface area contributed by atoms with E-state index >= 15 is 0 Å². The number of hydrogen-bond donors (Lipinski definition) is 2. The number of aliphatic hydroxyl groups is 1. The van der Waals surface area contributed by atoms with E-state index in [9.17, 15) is 9.90 Å². The SMILES string of the molecule is CCc1nc(C(C)NC(=O)CC(O)c2ccc(Cl)cc2)cs1. The summed E-state index contributed by atoms with van der Waals surface area (Å²) in [6, 6.07) is 6.67. The van der Waals surface area contributed by atoms with Crippen LogP contribution in [-0.4, -0.2) is 16.0 Å². The van der Waals surface area contributed by atoms with Crippen molar-refractivity contribution in [1.82, 2.24) is 10.3 Å². The molecule has 1 heterocycles. The summed E-state index contributed by atoms with van der Waals surface area (Å²) >= 11 is 7.40. The van der Waals surface area contributed by atoms with Crippen LogP contribution >= 0.6 is 22.9 Å². The third-order valence-electron chi connectivity index (χ3n) is 3.33. The van der Waals surface area contributed by atoms with E-state index in [0.29, 0.717) is 10.6 Å². The molecule has 0 aliphatic rings. The van der Waals surface area contributed by atoms with Gasteiger partial charge in [0.05, 0.1) is 29.3 Å². The van der Waals surface area contributed by atoms with E-state index in [1.807, 2.05) is 19.2 Å². The van der Waals surface area contributed by atoms with Gasteiger partial charge in [-0.1, -0.05) is 30.7 Å². The van der Waals surface area contributed by atoms with E-state index in [-0.39, 0.29) is 18.4 Å². The summed E-state index contributed by atoms with van der Waals surface area (Å²) in [7, 11) is 0. The highest BCUT2D eigenvalue weighted by molar-refractivity contribution is 7.09. The Morgan fingerprint density at radius 1 is 1.41 bits per heavy atom. The molecule has 0 radical (unpaired) electrons. The molecule has 118 valence electrons. The minimum atomic E-state index is -0.842. The molecule has 2 aromatic rings. The Hall–Kier alpha value is -1.43. The number of nitrogens with one attached hydrogen (secondary N) is 1. The number of carbonyl (C=O) groups is 1. The van der Waals surface area contributed by atoms with E-state index in [4.69, 9.17) is 11.6 Å². The van der Waals surface area contributed by atoms with E-state index in [1.54, 1.807) is 35.6 Å². The number of aliphatic hydroxyl groups excluding tert-OH is 1. The highest BCUT2D eigenvalue weighted by atomic mass is 35.5. The van der Waals surface area contributed by atoms with Crippen molar-refractivity contribution < 1.29 is 9.90 Å². The molecular formula is C16H19ClN2O2S. The largest absolute Gasteiger partial charge is 0.388 e. The van der Waals surface area contributed by atoms with Crippen LogP contribution in [0.25, 0.3) is 0 Å². The molecular weight excluding hydrogens is 320 g/mol. The molecule has 0 saturated carbocycles. The van der Waals surface area contributed by atoms with Gasteiger partial charge in [0.2, 0.25) is 5.91 Å². The van der Waals surface area contributed by atoms with E-state index in [0.717, 1.165) is 17.1 Å². The van der Waals surface area contributed by atoms with Crippen molar-refractivity contribution in [3.05, 3.63) is 50.9 Å². The second-order valence-corrected chi connectivity index (χ2v) is 6.46. The molecule has 2 N–H and O–H groups in total. The van der Waals surface area contributed by atoms with Crippen molar-refractivity contribution >= 4 is 28.8 Å². The Balaban J connectivity index is 1.90. The number of aryl methyl sites for hydroxylation is 1. The average Bonchev–Trinajstić information content (AvgIpc) is 2.96. The van der Waals surface area contributed by atoms with Crippen molar-refractivity contribution in [1.29, 1.82) is 0 Å². The van der Waals surface area contributed by atoms with Gasteiger partial charge in [0.1, 0.15) is 0 Å². The zero-order valence-corrected chi connectivity index (χ0v) is 14.1. The lowest BCUT2D eigenvalue weighted by molar-refractivity contribution is -0.123. The van der Waals surface area contributed by atoms with Gasteiger partial charge < -0.3 is 10.4 Å². The fourth-order valence-corrected chi connectivity index (χ4v) is 3.00. The fraction of sp³-hybridized carbons (Fsp3) is 0.375. The Morgan fingerprint density at radius 3 is 2.68 bits per heavy atom. The lowest BCUT2D eigenvalue weighted by Crippen LogP contribution is -2.28. The van der Waals surface area contributed by atoms with Gasteiger partial charge >= 0.3 is 0 Å². The smallest absolute Gasteiger partial charge is 0.223 e. The van der Waals surface area contributed by atoms with E-state index in [2.05, 4.69) is 10.3 Å².